The highest BCUT2D eigenvalue weighted by atomic mass is 15.1. The van der Waals surface area contributed by atoms with E-state index in [1.54, 1.807) is 0 Å². The van der Waals surface area contributed by atoms with Gasteiger partial charge in [-0.15, -0.1) is 0 Å². The van der Waals surface area contributed by atoms with Crippen molar-refractivity contribution < 1.29 is 0 Å². The second kappa shape index (κ2) is 4.49. The van der Waals surface area contributed by atoms with Crippen molar-refractivity contribution in [1.82, 2.24) is 0 Å². The van der Waals surface area contributed by atoms with Gasteiger partial charge in [0.1, 0.15) is 0 Å². The molecule has 0 aliphatic heterocycles. The van der Waals surface area contributed by atoms with Gasteiger partial charge in [-0.05, 0) is 61.6 Å². The van der Waals surface area contributed by atoms with Crippen LogP contribution in [-0.4, -0.2) is 13.6 Å². The van der Waals surface area contributed by atoms with Crippen LogP contribution in [0.5, 0.6) is 0 Å². The summed E-state index contributed by atoms with van der Waals surface area (Å²) in [6.07, 6.45) is 5.88. The summed E-state index contributed by atoms with van der Waals surface area (Å²) in [5, 5.41) is 0. The molecule has 18 heavy (non-hydrogen) atoms. The average Bonchev–Trinajstić information content (AvgIpc) is 2.90. The fraction of sp³-hybridized carbons (Fsp3) is 0.625. The molecule has 2 saturated carbocycles. The van der Waals surface area contributed by atoms with E-state index in [0.717, 1.165) is 23.4 Å². The van der Waals surface area contributed by atoms with Crippen LogP contribution in [0.15, 0.2) is 18.2 Å². The maximum Gasteiger partial charge on any atom is 0.0597 e. The molecule has 2 N–H and O–H groups in total. The Morgan fingerprint density at radius 3 is 2.72 bits per heavy atom. The largest absolute Gasteiger partial charge is 0.397 e. The molecule has 0 spiro atoms. The van der Waals surface area contributed by atoms with Crippen LogP contribution in [0.2, 0.25) is 0 Å². The normalized spacial score (nSPS) is 29.8. The summed E-state index contributed by atoms with van der Waals surface area (Å²) in [4.78, 5) is 2.36. The molecular weight excluding hydrogens is 220 g/mol. The Balaban J connectivity index is 1.69. The highest BCUT2D eigenvalue weighted by molar-refractivity contribution is 5.68. The molecule has 1 aromatic carbocycles. The van der Waals surface area contributed by atoms with Gasteiger partial charge in [-0.25, -0.2) is 0 Å². The number of nitrogens with two attached hydrogens (primary N) is 1. The smallest absolute Gasteiger partial charge is 0.0597 e. The Bertz CT molecular complexity index is 441. The van der Waals surface area contributed by atoms with Gasteiger partial charge in [0, 0.05) is 13.6 Å². The SMILES string of the molecule is Cc1ccc(N(C)CC2CC3CCC2C3)c(N)c1. The Labute approximate surface area is 110 Å². The van der Waals surface area contributed by atoms with Crippen molar-refractivity contribution in [1.29, 1.82) is 0 Å². The summed E-state index contributed by atoms with van der Waals surface area (Å²) in [5.74, 6) is 2.92. The van der Waals surface area contributed by atoms with Crippen LogP contribution in [0.25, 0.3) is 0 Å². The summed E-state index contributed by atoms with van der Waals surface area (Å²) in [7, 11) is 2.19. The number of rotatable bonds is 3. The van der Waals surface area contributed by atoms with Gasteiger partial charge in [-0.2, -0.15) is 0 Å². The van der Waals surface area contributed by atoms with E-state index in [1.807, 2.05) is 0 Å². The maximum absolute atomic E-state index is 6.13. The molecule has 2 fully saturated rings. The minimum Gasteiger partial charge on any atom is -0.397 e. The molecule has 2 bridgehead atoms. The number of anilines is 2. The molecule has 0 heterocycles. The number of nitrogen functional groups attached to an aromatic ring is 1. The van der Waals surface area contributed by atoms with Gasteiger partial charge in [0.05, 0.1) is 11.4 Å². The number of nitrogens with zero attached hydrogens (tertiary/aromatic N) is 1. The van der Waals surface area contributed by atoms with Crippen molar-refractivity contribution >= 4 is 11.4 Å². The van der Waals surface area contributed by atoms with Crippen molar-refractivity contribution in [3.63, 3.8) is 0 Å². The van der Waals surface area contributed by atoms with E-state index in [-0.39, 0.29) is 0 Å². The first-order valence-corrected chi connectivity index (χ1v) is 7.20. The zero-order valence-electron chi connectivity index (χ0n) is 11.5. The molecule has 3 atom stereocenters. The fourth-order valence-corrected chi connectivity index (χ4v) is 4.07. The highest BCUT2D eigenvalue weighted by Gasteiger charge is 2.39. The lowest BCUT2D eigenvalue weighted by Crippen LogP contribution is -2.29. The summed E-state index contributed by atoms with van der Waals surface area (Å²) >= 11 is 0. The lowest BCUT2D eigenvalue weighted by molar-refractivity contribution is 0.337. The first-order valence-electron chi connectivity index (χ1n) is 7.20. The van der Waals surface area contributed by atoms with E-state index in [1.165, 1.54) is 43.5 Å². The molecule has 2 nitrogen and oxygen atoms in total. The first kappa shape index (κ1) is 11.9. The molecule has 3 unspecified atom stereocenters. The number of hydrogen-bond acceptors (Lipinski definition) is 2. The average molecular weight is 244 g/mol. The molecular formula is C16H24N2. The zero-order valence-corrected chi connectivity index (χ0v) is 11.5. The summed E-state index contributed by atoms with van der Waals surface area (Å²) in [6, 6.07) is 6.40. The minimum atomic E-state index is 0.898. The van der Waals surface area contributed by atoms with E-state index in [4.69, 9.17) is 5.73 Å². The van der Waals surface area contributed by atoms with Crippen LogP contribution in [-0.2, 0) is 0 Å². The molecule has 98 valence electrons. The third-order valence-corrected chi connectivity index (χ3v) is 4.99. The summed E-state index contributed by atoms with van der Waals surface area (Å²) < 4.78 is 0. The topological polar surface area (TPSA) is 29.3 Å². The molecule has 1 aromatic rings. The van der Waals surface area contributed by atoms with E-state index in [0.29, 0.717) is 0 Å². The number of aryl methyl sites for hydroxylation is 1. The van der Waals surface area contributed by atoms with Crippen LogP contribution < -0.4 is 10.6 Å². The van der Waals surface area contributed by atoms with Gasteiger partial charge in [-0.3, -0.25) is 0 Å². The van der Waals surface area contributed by atoms with E-state index in [2.05, 4.69) is 37.1 Å². The van der Waals surface area contributed by atoms with Crippen molar-refractivity contribution in [2.75, 3.05) is 24.2 Å². The lowest BCUT2D eigenvalue weighted by atomic mass is 9.88. The molecule has 2 aliphatic carbocycles. The standard InChI is InChI=1S/C16H24N2/c1-11-3-6-16(15(17)7-11)18(2)10-14-9-12-4-5-13(14)8-12/h3,6-7,12-14H,4-5,8-10,17H2,1-2H3. The molecule has 0 saturated heterocycles. The predicted octanol–water partition coefficient (Wildman–Crippen LogP) is 3.45. The van der Waals surface area contributed by atoms with Gasteiger partial charge in [0.2, 0.25) is 0 Å². The van der Waals surface area contributed by atoms with E-state index >= 15 is 0 Å². The van der Waals surface area contributed by atoms with E-state index < -0.39 is 0 Å². The molecule has 2 aliphatic rings. The van der Waals surface area contributed by atoms with Crippen molar-refractivity contribution in [2.24, 2.45) is 17.8 Å². The Morgan fingerprint density at radius 2 is 2.11 bits per heavy atom. The molecule has 0 radical (unpaired) electrons. The lowest BCUT2D eigenvalue weighted by Gasteiger charge is -2.29. The van der Waals surface area contributed by atoms with Gasteiger partial charge < -0.3 is 10.6 Å². The van der Waals surface area contributed by atoms with Crippen LogP contribution >= 0.6 is 0 Å². The molecule has 3 rings (SSSR count). The Kier molecular flexibility index (Phi) is 2.96. The maximum atomic E-state index is 6.13. The van der Waals surface area contributed by atoms with Crippen LogP contribution in [0.3, 0.4) is 0 Å². The van der Waals surface area contributed by atoms with Crippen molar-refractivity contribution in [3.05, 3.63) is 23.8 Å². The zero-order chi connectivity index (χ0) is 12.7. The van der Waals surface area contributed by atoms with Gasteiger partial charge in [0.25, 0.3) is 0 Å². The third kappa shape index (κ3) is 2.09. The Morgan fingerprint density at radius 1 is 1.28 bits per heavy atom. The molecule has 0 amide bonds. The van der Waals surface area contributed by atoms with Crippen LogP contribution in [0.1, 0.15) is 31.2 Å². The van der Waals surface area contributed by atoms with Gasteiger partial charge in [0.15, 0.2) is 0 Å². The third-order valence-electron chi connectivity index (χ3n) is 4.99. The van der Waals surface area contributed by atoms with Crippen molar-refractivity contribution in [3.8, 4) is 0 Å². The second-order valence-electron chi connectivity index (χ2n) is 6.38. The number of fused-ring (bicyclic) bond motifs is 2. The van der Waals surface area contributed by atoms with Gasteiger partial charge >= 0.3 is 0 Å². The Hall–Kier alpha value is -1.18. The van der Waals surface area contributed by atoms with Crippen LogP contribution in [0, 0.1) is 24.7 Å². The predicted molar refractivity (Wildman–Crippen MR) is 77.8 cm³/mol. The number of hydrogen-bond donors (Lipinski definition) is 1. The quantitative estimate of drug-likeness (QED) is 0.825. The van der Waals surface area contributed by atoms with Crippen molar-refractivity contribution in [2.45, 2.75) is 32.6 Å². The molecule has 0 aromatic heterocycles. The summed E-state index contributed by atoms with van der Waals surface area (Å²) in [6.45, 7) is 3.27. The van der Waals surface area contributed by atoms with Gasteiger partial charge in [-0.1, -0.05) is 12.5 Å². The highest BCUT2D eigenvalue weighted by Crippen LogP contribution is 2.48. The molecule has 2 heteroatoms. The monoisotopic (exact) mass is 244 g/mol. The summed E-state index contributed by atoms with van der Waals surface area (Å²) in [5.41, 5.74) is 9.49. The van der Waals surface area contributed by atoms with E-state index in [9.17, 15) is 0 Å². The number of benzene rings is 1. The fourth-order valence-electron chi connectivity index (χ4n) is 4.07. The first-order chi connectivity index (χ1) is 8.63. The second-order valence-corrected chi connectivity index (χ2v) is 6.38. The minimum absolute atomic E-state index is 0.898. The van der Waals surface area contributed by atoms with Crippen LogP contribution in [0.4, 0.5) is 11.4 Å².